The van der Waals surface area contributed by atoms with Crippen molar-refractivity contribution in [2.24, 2.45) is 7.05 Å². The fourth-order valence-electron chi connectivity index (χ4n) is 1.72. The number of aliphatic hydroxyl groups is 1. The summed E-state index contributed by atoms with van der Waals surface area (Å²) < 4.78 is 32.4. The first-order chi connectivity index (χ1) is 8.86. The van der Waals surface area contributed by atoms with Crippen LogP contribution in [0.15, 0.2) is 4.90 Å². The number of nitrogen functional groups attached to an aromatic ring is 1. The molecule has 1 rings (SSSR count). The lowest BCUT2D eigenvalue weighted by Crippen LogP contribution is -2.36. The molecule has 0 saturated heterocycles. The third kappa shape index (κ3) is 3.24. The minimum absolute atomic E-state index is 0.0143. The van der Waals surface area contributed by atoms with Crippen LogP contribution in [0.3, 0.4) is 0 Å². The van der Waals surface area contributed by atoms with Crippen molar-refractivity contribution in [3.8, 4) is 0 Å². The van der Waals surface area contributed by atoms with Crippen molar-refractivity contribution in [1.82, 2.24) is 14.1 Å². The van der Waals surface area contributed by atoms with E-state index in [4.69, 9.17) is 15.6 Å². The summed E-state index contributed by atoms with van der Waals surface area (Å²) >= 11 is 0. The highest BCUT2D eigenvalue weighted by atomic mass is 32.2. The second-order valence-corrected chi connectivity index (χ2v) is 5.92. The third-order valence-corrected chi connectivity index (χ3v) is 4.86. The summed E-state index contributed by atoms with van der Waals surface area (Å²) in [6.45, 7) is 1.72. The molecule has 0 unspecified atom stereocenters. The van der Waals surface area contributed by atoms with E-state index in [9.17, 15) is 8.42 Å². The number of ether oxygens (including phenoxy) is 1. The molecular weight excluding hydrogens is 272 g/mol. The van der Waals surface area contributed by atoms with Gasteiger partial charge in [-0.1, -0.05) is 0 Å². The molecule has 0 saturated carbocycles. The maximum atomic E-state index is 12.5. The van der Waals surface area contributed by atoms with Crippen molar-refractivity contribution in [3.05, 3.63) is 5.69 Å². The van der Waals surface area contributed by atoms with Gasteiger partial charge in [0.05, 0.1) is 18.9 Å². The highest BCUT2D eigenvalue weighted by molar-refractivity contribution is 7.89. The molecule has 0 fully saturated rings. The van der Waals surface area contributed by atoms with Gasteiger partial charge in [-0.2, -0.15) is 9.40 Å². The molecule has 0 amide bonds. The van der Waals surface area contributed by atoms with Gasteiger partial charge in [-0.3, -0.25) is 4.68 Å². The summed E-state index contributed by atoms with van der Waals surface area (Å²) in [5.74, 6) is -0.0413. The third-order valence-electron chi connectivity index (χ3n) is 2.80. The van der Waals surface area contributed by atoms with E-state index >= 15 is 0 Å². The topological polar surface area (TPSA) is 111 Å². The zero-order valence-electron chi connectivity index (χ0n) is 11.3. The fraction of sp³-hybridized carbons (Fsp3) is 0.700. The number of methoxy groups -OCH3 is 1. The molecule has 110 valence electrons. The average Bonchev–Trinajstić information content (AvgIpc) is 2.58. The molecule has 0 bridgehead atoms. The Morgan fingerprint density at radius 1 is 1.47 bits per heavy atom. The van der Waals surface area contributed by atoms with E-state index in [0.29, 0.717) is 5.69 Å². The molecule has 0 radical (unpaired) electrons. The molecule has 9 heteroatoms. The zero-order chi connectivity index (χ0) is 14.6. The second kappa shape index (κ2) is 6.33. The van der Waals surface area contributed by atoms with E-state index in [1.807, 2.05) is 0 Å². The minimum atomic E-state index is -3.79. The maximum absolute atomic E-state index is 12.5. The number of aryl methyl sites for hydroxylation is 1. The summed E-state index contributed by atoms with van der Waals surface area (Å²) in [7, 11) is -0.690. The molecule has 3 N–H and O–H groups in total. The summed E-state index contributed by atoms with van der Waals surface area (Å²) in [5.41, 5.74) is 6.12. The molecule has 0 atom stereocenters. The monoisotopic (exact) mass is 292 g/mol. The van der Waals surface area contributed by atoms with Gasteiger partial charge in [-0.05, 0) is 6.92 Å². The molecule has 8 nitrogen and oxygen atoms in total. The number of hydrogen-bond donors (Lipinski definition) is 2. The number of sulfonamides is 1. The van der Waals surface area contributed by atoms with Crippen LogP contribution in [0.2, 0.25) is 0 Å². The SMILES string of the molecule is COCCN(CCO)S(=O)(=O)c1c(N)nn(C)c1C. The van der Waals surface area contributed by atoms with Gasteiger partial charge in [0, 0.05) is 27.2 Å². The van der Waals surface area contributed by atoms with Crippen molar-refractivity contribution in [3.63, 3.8) is 0 Å². The highest BCUT2D eigenvalue weighted by Gasteiger charge is 2.30. The number of nitrogens with two attached hydrogens (primary N) is 1. The number of nitrogens with zero attached hydrogens (tertiary/aromatic N) is 3. The quantitative estimate of drug-likeness (QED) is 0.663. The van der Waals surface area contributed by atoms with E-state index in [2.05, 4.69) is 5.10 Å². The van der Waals surface area contributed by atoms with Crippen molar-refractivity contribution in [2.75, 3.05) is 39.1 Å². The lowest BCUT2D eigenvalue weighted by atomic mass is 10.5. The van der Waals surface area contributed by atoms with Gasteiger partial charge in [-0.25, -0.2) is 8.42 Å². The first-order valence-corrected chi connectivity index (χ1v) is 7.19. The van der Waals surface area contributed by atoms with Crippen LogP contribution in [0.25, 0.3) is 0 Å². The molecule has 1 aromatic heterocycles. The first-order valence-electron chi connectivity index (χ1n) is 5.75. The van der Waals surface area contributed by atoms with Crippen LogP contribution >= 0.6 is 0 Å². The lowest BCUT2D eigenvalue weighted by Gasteiger charge is -2.20. The normalized spacial score (nSPS) is 12.3. The van der Waals surface area contributed by atoms with Crippen LogP contribution < -0.4 is 5.73 Å². The Hall–Kier alpha value is -1.16. The number of aromatic nitrogens is 2. The largest absolute Gasteiger partial charge is 0.395 e. The van der Waals surface area contributed by atoms with Gasteiger partial charge >= 0.3 is 0 Å². The first kappa shape index (κ1) is 15.9. The molecule has 0 aliphatic carbocycles. The number of anilines is 1. The molecule has 1 heterocycles. The van der Waals surface area contributed by atoms with Gasteiger partial charge in [0.25, 0.3) is 0 Å². The van der Waals surface area contributed by atoms with Crippen molar-refractivity contribution in [2.45, 2.75) is 11.8 Å². The van der Waals surface area contributed by atoms with E-state index < -0.39 is 10.0 Å². The predicted molar refractivity (Wildman–Crippen MR) is 70.1 cm³/mol. The van der Waals surface area contributed by atoms with Crippen molar-refractivity contribution >= 4 is 15.8 Å². The summed E-state index contributed by atoms with van der Waals surface area (Å²) in [6.07, 6.45) is 0. The van der Waals surface area contributed by atoms with Crippen LogP contribution in [-0.4, -0.2) is 61.0 Å². The van der Waals surface area contributed by atoms with Crippen LogP contribution in [-0.2, 0) is 21.8 Å². The predicted octanol–water partition coefficient (Wildman–Crippen LogP) is -1.06. The van der Waals surface area contributed by atoms with Gasteiger partial charge in [0.1, 0.15) is 4.90 Å². The number of rotatable bonds is 7. The van der Waals surface area contributed by atoms with Crippen molar-refractivity contribution in [1.29, 1.82) is 0 Å². The van der Waals surface area contributed by atoms with E-state index in [-0.39, 0.29) is 37.0 Å². The standard InChI is InChI=1S/C10H20N4O4S/c1-8-9(10(11)12-13(8)2)19(16,17)14(4-6-15)5-7-18-3/h15H,4-7H2,1-3H3,(H2,11,12). The van der Waals surface area contributed by atoms with Gasteiger partial charge in [0.15, 0.2) is 5.82 Å². The molecule has 19 heavy (non-hydrogen) atoms. The van der Waals surface area contributed by atoms with Crippen molar-refractivity contribution < 1.29 is 18.3 Å². The van der Waals surface area contributed by atoms with E-state index in [0.717, 1.165) is 4.31 Å². The molecule has 0 aliphatic rings. The molecule has 1 aromatic rings. The average molecular weight is 292 g/mol. The highest BCUT2D eigenvalue weighted by Crippen LogP contribution is 2.24. The van der Waals surface area contributed by atoms with Gasteiger partial charge in [-0.15, -0.1) is 0 Å². The number of aliphatic hydroxyl groups excluding tert-OH is 1. The van der Waals surface area contributed by atoms with Crippen LogP contribution in [0.4, 0.5) is 5.82 Å². The number of hydrogen-bond acceptors (Lipinski definition) is 6. The fourth-order valence-corrected chi connectivity index (χ4v) is 3.42. The zero-order valence-corrected chi connectivity index (χ0v) is 12.1. The lowest BCUT2D eigenvalue weighted by molar-refractivity contribution is 0.168. The van der Waals surface area contributed by atoms with E-state index in [1.54, 1.807) is 14.0 Å². The Morgan fingerprint density at radius 2 is 2.11 bits per heavy atom. The van der Waals surface area contributed by atoms with Crippen LogP contribution in [0.1, 0.15) is 5.69 Å². The minimum Gasteiger partial charge on any atom is -0.395 e. The smallest absolute Gasteiger partial charge is 0.248 e. The summed E-state index contributed by atoms with van der Waals surface area (Å²) in [4.78, 5) is -0.0143. The van der Waals surface area contributed by atoms with Gasteiger partial charge < -0.3 is 15.6 Å². The second-order valence-electron chi connectivity index (χ2n) is 4.04. The van der Waals surface area contributed by atoms with E-state index in [1.165, 1.54) is 11.8 Å². The van der Waals surface area contributed by atoms with Gasteiger partial charge in [0.2, 0.25) is 10.0 Å². The molecular formula is C10H20N4O4S. The Balaban J connectivity index is 3.18. The Kier molecular flexibility index (Phi) is 5.29. The summed E-state index contributed by atoms with van der Waals surface area (Å²) in [6, 6.07) is 0. The molecule has 0 spiro atoms. The molecule has 0 aliphatic heterocycles. The van der Waals surface area contributed by atoms with Crippen LogP contribution in [0, 0.1) is 6.92 Å². The Bertz CT molecular complexity index is 526. The summed E-state index contributed by atoms with van der Waals surface area (Å²) in [5, 5.41) is 12.9. The maximum Gasteiger partial charge on any atom is 0.248 e. The Labute approximate surface area is 112 Å². The Morgan fingerprint density at radius 3 is 2.53 bits per heavy atom. The van der Waals surface area contributed by atoms with Crippen LogP contribution in [0.5, 0.6) is 0 Å². The molecule has 0 aromatic carbocycles.